The van der Waals surface area contributed by atoms with Crippen LogP contribution in [0.5, 0.6) is 0 Å². The summed E-state index contributed by atoms with van der Waals surface area (Å²) >= 11 is 0. The molecule has 20 heavy (non-hydrogen) atoms. The molecule has 1 aromatic rings. The smallest absolute Gasteiger partial charge is 0.303 e. The van der Waals surface area contributed by atoms with Crippen LogP contribution in [-0.4, -0.2) is 30.6 Å². The number of rotatable bonds is 4. The van der Waals surface area contributed by atoms with Crippen LogP contribution in [0.2, 0.25) is 0 Å². The molecule has 0 aromatic carbocycles. The molecule has 1 aliphatic carbocycles. The van der Waals surface area contributed by atoms with Crippen molar-refractivity contribution in [1.82, 2.24) is 4.98 Å². The summed E-state index contributed by atoms with van der Waals surface area (Å²) in [6, 6.07) is 2.90. The fourth-order valence-corrected chi connectivity index (χ4v) is 4.05. The highest BCUT2D eigenvalue weighted by Gasteiger charge is 2.41. The van der Waals surface area contributed by atoms with Gasteiger partial charge in [0.25, 0.3) is 0 Å². The van der Waals surface area contributed by atoms with Gasteiger partial charge in [-0.15, -0.1) is 0 Å². The van der Waals surface area contributed by atoms with E-state index in [-0.39, 0.29) is 17.1 Å². The maximum atomic E-state index is 12.5. The van der Waals surface area contributed by atoms with E-state index in [2.05, 4.69) is 4.98 Å². The molecule has 2 unspecified atom stereocenters. The van der Waals surface area contributed by atoms with Gasteiger partial charge in [-0.05, 0) is 18.6 Å². The van der Waals surface area contributed by atoms with Crippen LogP contribution in [0.25, 0.3) is 0 Å². The van der Waals surface area contributed by atoms with E-state index in [1.165, 1.54) is 24.5 Å². The van der Waals surface area contributed by atoms with E-state index < -0.39 is 27.2 Å². The third-order valence-electron chi connectivity index (χ3n) is 3.22. The maximum absolute atomic E-state index is 12.5. The second-order valence-electron chi connectivity index (χ2n) is 4.75. The molecule has 0 spiro atoms. The van der Waals surface area contributed by atoms with Gasteiger partial charge in [0, 0.05) is 38.1 Å². The number of carbonyl (C=O) groups is 2. The molecule has 1 saturated carbocycles. The molecular weight excluding hydrogens is 282 g/mol. The van der Waals surface area contributed by atoms with Gasteiger partial charge in [-0.2, -0.15) is 0 Å². The highest BCUT2D eigenvalue weighted by atomic mass is 32.2. The fourth-order valence-electron chi connectivity index (χ4n) is 2.30. The molecule has 0 saturated heterocycles. The molecule has 6 nitrogen and oxygen atoms in total. The molecule has 0 aliphatic heterocycles. The van der Waals surface area contributed by atoms with Gasteiger partial charge in [0.2, 0.25) is 15.3 Å². The third-order valence-corrected chi connectivity index (χ3v) is 5.21. The summed E-state index contributed by atoms with van der Waals surface area (Å²) in [5, 5.41) is 0. The quantitative estimate of drug-likeness (QED) is 0.773. The lowest BCUT2D eigenvalue weighted by molar-refractivity contribution is -0.144. The van der Waals surface area contributed by atoms with E-state index in [0.29, 0.717) is 12.8 Å². The van der Waals surface area contributed by atoms with Gasteiger partial charge < -0.3 is 4.74 Å². The number of carbonyl (C=O) groups excluding carboxylic acids is 2. The van der Waals surface area contributed by atoms with Crippen molar-refractivity contribution in [3.63, 3.8) is 0 Å². The van der Waals surface area contributed by atoms with Crippen molar-refractivity contribution in [3.8, 4) is 0 Å². The number of nitrogens with zero attached hydrogens (tertiary/aromatic N) is 1. The third kappa shape index (κ3) is 3.04. The summed E-state index contributed by atoms with van der Waals surface area (Å²) in [6.45, 7) is 1.16. The molecule has 2 atom stereocenters. The van der Waals surface area contributed by atoms with Crippen molar-refractivity contribution in [2.24, 2.45) is 5.92 Å². The molecule has 0 amide bonds. The molecule has 7 heteroatoms. The molecule has 108 valence electrons. The molecular formula is C13H15NO5S. The van der Waals surface area contributed by atoms with Crippen molar-refractivity contribution in [1.29, 1.82) is 0 Å². The largest absolute Gasteiger partial charge is 0.445 e. The Morgan fingerprint density at radius 3 is 2.75 bits per heavy atom. The minimum Gasteiger partial charge on any atom is -0.445 e. The number of ketones is 1. The summed E-state index contributed by atoms with van der Waals surface area (Å²) in [5.41, 5.74) is -1.32. The zero-order chi connectivity index (χ0) is 14.8. The minimum absolute atomic E-state index is 0.00598. The van der Waals surface area contributed by atoms with Crippen LogP contribution in [0.1, 0.15) is 26.2 Å². The van der Waals surface area contributed by atoms with Crippen LogP contribution >= 0.6 is 0 Å². The number of ether oxygens (including phenoxy) is 1. The van der Waals surface area contributed by atoms with Crippen LogP contribution < -0.4 is 0 Å². The first kappa shape index (κ1) is 14.6. The first-order chi connectivity index (χ1) is 9.41. The van der Waals surface area contributed by atoms with Crippen LogP contribution in [0.3, 0.4) is 0 Å². The Morgan fingerprint density at radius 1 is 1.50 bits per heavy atom. The van der Waals surface area contributed by atoms with E-state index in [1.807, 2.05) is 0 Å². The Balaban J connectivity index is 2.35. The number of hydrogen-bond acceptors (Lipinski definition) is 6. The van der Waals surface area contributed by atoms with Crippen LogP contribution in [0.4, 0.5) is 0 Å². The Labute approximate surface area is 117 Å². The van der Waals surface area contributed by atoms with Crippen LogP contribution in [-0.2, 0) is 24.2 Å². The summed E-state index contributed by atoms with van der Waals surface area (Å²) in [5.74, 6) is -1.17. The minimum atomic E-state index is -3.86. The van der Waals surface area contributed by atoms with Gasteiger partial charge in [-0.25, -0.2) is 8.42 Å². The molecule has 0 N–H and O–H groups in total. The SMILES string of the molecule is CC(=O)OC(C1CCC(=O)C1)S(=O)(=O)c1cccnc1. The van der Waals surface area contributed by atoms with E-state index in [1.54, 1.807) is 0 Å². The molecule has 1 fully saturated rings. The lowest BCUT2D eigenvalue weighted by Gasteiger charge is -2.22. The van der Waals surface area contributed by atoms with Gasteiger partial charge in [0.15, 0.2) is 0 Å². The Bertz CT molecular complexity index is 611. The second-order valence-corrected chi connectivity index (χ2v) is 6.78. The molecule has 2 rings (SSSR count). The van der Waals surface area contributed by atoms with Crippen molar-refractivity contribution in [3.05, 3.63) is 24.5 Å². The number of sulfone groups is 1. The lowest BCUT2D eigenvalue weighted by Crippen LogP contribution is -2.33. The Hall–Kier alpha value is -1.76. The predicted octanol–water partition coefficient (Wildman–Crippen LogP) is 1.11. The predicted molar refractivity (Wildman–Crippen MR) is 69.3 cm³/mol. The molecule has 0 radical (unpaired) electrons. The number of esters is 1. The summed E-state index contributed by atoms with van der Waals surface area (Å²) in [4.78, 5) is 26.3. The number of aromatic nitrogens is 1. The summed E-state index contributed by atoms with van der Waals surface area (Å²) < 4.78 is 30.1. The van der Waals surface area contributed by atoms with Crippen molar-refractivity contribution >= 4 is 21.6 Å². The first-order valence-corrected chi connectivity index (χ1v) is 7.78. The van der Waals surface area contributed by atoms with Gasteiger partial charge in [-0.1, -0.05) is 0 Å². The van der Waals surface area contributed by atoms with E-state index in [0.717, 1.165) is 6.92 Å². The fraction of sp³-hybridized carbons (Fsp3) is 0.462. The average Bonchev–Trinajstić information content (AvgIpc) is 2.83. The maximum Gasteiger partial charge on any atom is 0.303 e. The van der Waals surface area contributed by atoms with Gasteiger partial charge in [-0.3, -0.25) is 14.6 Å². The molecule has 1 aromatic heterocycles. The van der Waals surface area contributed by atoms with Gasteiger partial charge in [0.05, 0.1) is 4.90 Å². The topological polar surface area (TPSA) is 90.4 Å². The highest BCUT2D eigenvalue weighted by molar-refractivity contribution is 7.92. The normalized spacial score (nSPS) is 20.6. The van der Waals surface area contributed by atoms with Crippen LogP contribution in [0, 0.1) is 5.92 Å². The number of pyridine rings is 1. The monoisotopic (exact) mass is 297 g/mol. The molecule has 1 heterocycles. The van der Waals surface area contributed by atoms with Crippen molar-refractivity contribution < 1.29 is 22.7 Å². The number of hydrogen-bond donors (Lipinski definition) is 0. The zero-order valence-electron chi connectivity index (χ0n) is 11.0. The van der Waals surface area contributed by atoms with Gasteiger partial charge >= 0.3 is 5.97 Å². The summed E-state index contributed by atoms with van der Waals surface area (Å²) in [6.07, 6.45) is 3.53. The van der Waals surface area contributed by atoms with Crippen molar-refractivity contribution in [2.45, 2.75) is 36.5 Å². The average molecular weight is 297 g/mol. The zero-order valence-corrected chi connectivity index (χ0v) is 11.8. The highest BCUT2D eigenvalue weighted by Crippen LogP contribution is 2.32. The second kappa shape index (κ2) is 5.70. The van der Waals surface area contributed by atoms with Gasteiger partial charge in [0.1, 0.15) is 5.78 Å². The van der Waals surface area contributed by atoms with Crippen molar-refractivity contribution in [2.75, 3.05) is 0 Å². The molecule has 1 aliphatic rings. The van der Waals surface area contributed by atoms with E-state index in [9.17, 15) is 18.0 Å². The molecule has 0 bridgehead atoms. The van der Waals surface area contributed by atoms with E-state index >= 15 is 0 Å². The lowest BCUT2D eigenvalue weighted by atomic mass is 10.1. The van der Waals surface area contributed by atoms with Crippen LogP contribution in [0.15, 0.2) is 29.4 Å². The summed E-state index contributed by atoms with van der Waals surface area (Å²) in [7, 11) is -3.86. The Kier molecular flexibility index (Phi) is 4.17. The Morgan fingerprint density at radius 2 is 2.25 bits per heavy atom. The van der Waals surface area contributed by atoms with E-state index in [4.69, 9.17) is 4.74 Å². The number of Topliss-reactive ketones (excluding diaryl/α,β-unsaturated/α-hetero) is 1. The first-order valence-electron chi connectivity index (χ1n) is 6.24. The standard InChI is InChI=1S/C13H15NO5S/c1-9(15)19-13(10-4-5-11(16)7-10)20(17,18)12-3-2-6-14-8-12/h2-3,6,8,10,13H,4-5,7H2,1H3.